The van der Waals surface area contributed by atoms with Crippen molar-refractivity contribution >= 4 is 22.3 Å². The zero-order valence-corrected chi connectivity index (χ0v) is 18.0. The molecule has 4 rings (SSSR count). The Bertz CT molecular complexity index is 1420. The second-order valence-electron chi connectivity index (χ2n) is 7.85. The lowest BCUT2D eigenvalue weighted by Crippen LogP contribution is -2.01. The van der Waals surface area contributed by atoms with E-state index in [1.807, 2.05) is 6.07 Å². The third kappa shape index (κ3) is 3.70. The number of aliphatic hydroxyl groups excluding tert-OH is 1. The van der Waals surface area contributed by atoms with E-state index in [9.17, 15) is 19.8 Å². The molecule has 6 nitrogen and oxygen atoms in total. The molecule has 3 aromatic carbocycles. The lowest BCUT2D eigenvalue weighted by atomic mass is 10.1. The standard InChI is InChI=1S/C24H20F3N3O3/c1-12-7-13(2)9-17(8-12)29-23-18(21(27)19(25)14(3)20(23)26)22(24(29)32)28-30(33)16-6-4-5-15(10-16)11-31/h4-10,31-32H,11H2,1-3H3. The normalized spacial score (nSPS) is 12.0. The van der Waals surface area contributed by atoms with Gasteiger partial charge in [-0.25, -0.2) is 13.2 Å². The van der Waals surface area contributed by atoms with Crippen molar-refractivity contribution in [2.45, 2.75) is 27.4 Å². The maximum atomic E-state index is 15.2. The van der Waals surface area contributed by atoms with Crippen LogP contribution in [0.2, 0.25) is 0 Å². The van der Waals surface area contributed by atoms with Crippen LogP contribution in [0.25, 0.3) is 16.6 Å². The van der Waals surface area contributed by atoms with Crippen molar-refractivity contribution in [3.63, 3.8) is 0 Å². The molecule has 0 bridgehead atoms. The molecule has 0 atom stereocenters. The van der Waals surface area contributed by atoms with Gasteiger partial charge in [0, 0.05) is 28.5 Å². The SMILES string of the molecule is Cc1cc(C)cc(-n2c(O)c(N=[N+]([O-])c3cccc(CO)c3)c3c(F)c(F)c(C)c(F)c32)c1. The van der Waals surface area contributed by atoms with Gasteiger partial charge in [-0.3, -0.25) is 4.57 Å². The third-order valence-corrected chi connectivity index (χ3v) is 5.37. The Hall–Kier alpha value is -3.85. The van der Waals surface area contributed by atoms with Gasteiger partial charge in [-0.15, -0.1) is 0 Å². The highest BCUT2D eigenvalue weighted by Gasteiger charge is 2.30. The fraction of sp³-hybridized carbons (Fsp3) is 0.167. The largest absolute Gasteiger partial charge is 0.594 e. The molecule has 2 N–H and O–H groups in total. The fourth-order valence-corrected chi connectivity index (χ4v) is 3.86. The van der Waals surface area contributed by atoms with E-state index >= 15 is 8.78 Å². The van der Waals surface area contributed by atoms with Crippen molar-refractivity contribution in [3.8, 4) is 11.6 Å². The van der Waals surface area contributed by atoms with Crippen molar-refractivity contribution in [1.82, 2.24) is 4.57 Å². The van der Waals surface area contributed by atoms with E-state index in [0.717, 1.165) is 22.6 Å². The predicted molar refractivity (Wildman–Crippen MR) is 117 cm³/mol. The zero-order chi connectivity index (χ0) is 24.0. The van der Waals surface area contributed by atoms with Gasteiger partial charge < -0.3 is 15.4 Å². The number of benzene rings is 3. The van der Waals surface area contributed by atoms with Crippen LogP contribution in [0.4, 0.5) is 24.5 Å². The molecule has 0 unspecified atom stereocenters. The summed E-state index contributed by atoms with van der Waals surface area (Å²) in [6, 6.07) is 10.9. The maximum Gasteiger partial charge on any atom is 0.245 e. The highest BCUT2D eigenvalue weighted by molar-refractivity contribution is 5.97. The Morgan fingerprint density at radius 2 is 1.64 bits per heavy atom. The van der Waals surface area contributed by atoms with Crippen molar-refractivity contribution in [1.29, 1.82) is 0 Å². The van der Waals surface area contributed by atoms with Crippen LogP contribution in [-0.2, 0) is 6.61 Å². The number of aliphatic hydroxyl groups is 1. The minimum atomic E-state index is -1.44. The zero-order valence-electron chi connectivity index (χ0n) is 18.0. The summed E-state index contributed by atoms with van der Waals surface area (Å²) < 4.78 is 45.8. The van der Waals surface area contributed by atoms with Crippen LogP contribution in [-0.4, -0.2) is 19.6 Å². The molecule has 170 valence electrons. The molecule has 0 spiro atoms. The minimum absolute atomic E-state index is 0.0262. The molecule has 0 aliphatic carbocycles. The molecule has 4 aromatic rings. The fourth-order valence-electron chi connectivity index (χ4n) is 3.86. The van der Waals surface area contributed by atoms with Gasteiger partial charge in [0.2, 0.25) is 17.3 Å². The molecule has 0 amide bonds. The number of aryl methyl sites for hydroxylation is 2. The van der Waals surface area contributed by atoms with Crippen LogP contribution < -0.4 is 0 Å². The summed E-state index contributed by atoms with van der Waals surface area (Å²) in [5.41, 5.74) is 0.635. The Balaban J connectivity index is 2.10. The van der Waals surface area contributed by atoms with Crippen LogP contribution in [0.1, 0.15) is 22.3 Å². The van der Waals surface area contributed by atoms with E-state index in [-0.39, 0.29) is 17.2 Å². The van der Waals surface area contributed by atoms with Crippen LogP contribution in [0.5, 0.6) is 5.88 Å². The number of aromatic hydroxyl groups is 1. The highest BCUT2D eigenvalue weighted by Crippen LogP contribution is 2.45. The van der Waals surface area contributed by atoms with Gasteiger partial charge in [-0.2, -0.15) is 0 Å². The number of azo groups is 1. The molecule has 9 heteroatoms. The monoisotopic (exact) mass is 455 g/mol. The second-order valence-corrected chi connectivity index (χ2v) is 7.85. The Morgan fingerprint density at radius 3 is 2.27 bits per heavy atom. The molecule has 0 aliphatic heterocycles. The third-order valence-electron chi connectivity index (χ3n) is 5.37. The van der Waals surface area contributed by atoms with Crippen LogP contribution >= 0.6 is 0 Å². The van der Waals surface area contributed by atoms with Crippen LogP contribution in [0.15, 0.2) is 47.6 Å². The van der Waals surface area contributed by atoms with Crippen molar-refractivity contribution < 1.29 is 28.2 Å². The Kier molecular flexibility index (Phi) is 5.59. The van der Waals surface area contributed by atoms with E-state index < -0.39 is 45.5 Å². The first kappa shape index (κ1) is 22.3. The average molecular weight is 455 g/mol. The molecule has 1 heterocycles. The first-order chi connectivity index (χ1) is 15.6. The quantitative estimate of drug-likeness (QED) is 0.169. The molecule has 1 aromatic heterocycles. The van der Waals surface area contributed by atoms with Gasteiger partial charge in [0.1, 0.15) is 0 Å². The number of fused-ring (bicyclic) bond motifs is 1. The second kappa shape index (κ2) is 8.25. The Labute approximate surface area is 187 Å². The summed E-state index contributed by atoms with van der Waals surface area (Å²) in [6.45, 7) is 4.34. The first-order valence-electron chi connectivity index (χ1n) is 10.0. The predicted octanol–water partition coefficient (Wildman–Crippen LogP) is 6.10. The number of nitrogens with zero attached hydrogens (tertiary/aromatic N) is 3. The van der Waals surface area contributed by atoms with E-state index in [1.54, 1.807) is 32.0 Å². The van der Waals surface area contributed by atoms with Crippen molar-refractivity contribution in [2.75, 3.05) is 0 Å². The smallest absolute Gasteiger partial charge is 0.245 e. The van der Waals surface area contributed by atoms with Crippen molar-refractivity contribution in [3.05, 3.63) is 87.4 Å². The molecule has 0 radical (unpaired) electrons. The molecular weight excluding hydrogens is 435 g/mol. The van der Waals surface area contributed by atoms with E-state index in [2.05, 4.69) is 5.11 Å². The summed E-state index contributed by atoms with van der Waals surface area (Å²) in [5, 5.41) is 36.1. The van der Waals surface area contributed by atoms with Gasteiger partial charge in [-0.1, -0.05) is 18.2 Å². The average Bonchev–Trinajstić information content (AvgIpc) is 3.07. The molecule has 0 fully saturated rings. The number of rotatable bonds is 4. The minimum Gasteiger partial charge on any atom is -0.594 e. The lowest BCUT2D eigenvalue weighted by molar-refractivity contribution is -0.435. The molecule has 0 aliphatic rings. The first-order valence-corrected chi connectivity index (χ1v) is 10.0. The van der Waals surface area contributed by atoms with Gasteiger partial charge in [0.05, 0.1) is 17.5 Å². The summed E-state index contributed by atoms with van der Waals surface area (Å²) in [4.78, 5) is 0.0919. The van der Waals surface area contributed by atoms with Gasteiger partial charge in [-0.05, 0) is 54.5 Å². The summed E-state index contributed by atoms with van der Waals surface area (Å²) >= 11 is 0. The van der Waals surface area contributed by atoms with E-state index in [1.165, 1.54) is 18.2 Å². The van der Waals surface area contributed by atoms with Gasteiger partial charge in [0.25, 0.3) is 0 Å². The van der Waals surface area contributed by atoms with E-state index in [0.29, 0.717) is 11.3 Å². The lowest BCUT2D eigenvalue weighted by Gasteiger charge is -2.11. The summed E-state index contributed by atoms with van der Waals surface area (Å²) in [7, 11) is 0. The number of hydrogen-bond acceptors (Lipinski definition) is 4. The molecule has 0 saturated carbocycles. The van der Waals surface area contributed by atoms with Crippen molar-refractivity contribution in [2.24, 2.45) is 5.11 Å². The van der Waals surface area contributed by atoms with E-state index in [4.69, 9.17) is 0 Å². The number of hydrogen-bond donors (Lipinski definition) is 2. The van der Waals surface area contributed by atoms with Crippen LogP contribution in [0, 0.1) is 43.4 Å². The highest BCUT2D eigenvalue weighted by atomic mass is 19.2. The Morgan fingerprint density at radius 1 is 0.970 bits per heavy atom. The maximum absolute atomic E-state index is 15.2. The molecule has 33 heavy (non-hydrogen) atoms. The summed E-state index contributed by atoms with van der Waals surface area (Å²) in [5.74, 6) is -4.68. The van der Waals surface area contributed by atoms with Gasteiger partial charge in [0.15, 0.2) is 17.5 Å². The molecule has 0 saturated heterocycles. The number of halogens is 3. The number of aromatic nitrogens is 1. The van der Waals surface area contributed by atoms with Crippen LogP contribution in [0.3, 0.4) is 0 Å². The van der Waals surface area contributed by atoms with Gasteiger partial charge >= 0.3 is 0 Å². The molecular formula is C24H20F3N3O3. The topological polar surface area (TPSA) is 83.8 Å². The summed E-state index contributed by atoms with van der Waals surface area (Å²) in [6.07, 6.45) is 0.